The van der Waals surface area contributed by atoms with Crippen LogP contribution in [0.1, 0.15) is 30.6 Å². The van der Waals surface area contributed by atoms with Crippen molar-refractivity contribution >= 4 is 11.7 Å². The third kappa shape index (κ3) is 3.88. The minimum absolute atomic E-state index is 0.0659. The van der Waals surface area contributed by atoms with Crippen molar-refractivity contribution in [3.8, 4) is 0 Å². The Hall–Kier alpha value is -2.39. The Balaban J connectivity index is 2.74. The molecule has 5 nitrogen and oxygen atoms in total. The van der Waals surface area contributed by atoms with E-state index in [0.717, 1.165) is 12.0 Å². The maximum atomic E-state index is 11.5. The van der Waals surface area contributed by atoms with Crippen LogP contribution in [0, 0.1) is 10.1 Å². The molecule has 1 rings (SSSR count). The van der Waals surface area contributed by atoms with Gasteiger partial charge in [0.05, 0.1) is 10.5 Å². The Morgan fingerprint density at radius 2 is 2.06 bits per heavy atom. The third-order valence-electron chi connectivity index (χ3n) is 2.32. The zero-order valence-corrected chi connectivity index (χ0v) is 10.2. The lowest BCUT2D eigenvalue weighted by molar-refractivity contribution is -0.384. The first-order valence-electron chi connectivity index (χ1n) is 5.40. The van der Waals surface area contributed by atoms with E-state index in [4.69, 9.17) is 4.74 Å². The lowest BCUT2D eigenvalue weighted by Crippen LogP contribution is -2.00. The van der Waals surface area contributed by atoms with Gasteiger partial charge in [-0.15, -0.1) is 0 Å². The second-order valence-corrected chi connectivity index (χ2v) is 3.61. The fourth-order valence-electron chi connectivity index (χ4n) is 1.07. The molecule has 0 spiro atoms. The highest BCUT2D eigenvalue weighted by Crippen LogP contribution is 2.12. The molecule has 0 aliphatic carbocycles. The summed E-state index contributed by atoms with van der Waals surface area (Å²) in [6, 6.07) is 5.22. The van der Waals surface area contributed by atoms with E-state index in [0.29, 0.717) is 0 Å². The van der Waals surface area contributed by atoms with Gasteiger partial charge in [0.15, 0.2) is 0 Å². The predicted octanol–water partition coefficient (Wildman–Crippen LogP) is 3.22. The molecule has 0 aliphatic heterocycles. The SMILES string of the molecule is CCC(C)=C=COC(=O)c1ccc([N+](=O)[O-])cc1. The smallest absolute Gasteiger partial charge is 0.343 e. The quantitative estimate of drug-likeness (QED) is 0.269. The van der Waals surface area contributed by atoms with Crippen molar-refractivity contribution in [3.05, 3.63) is 57.5 Å². The van der Waals surface area contributed by atoms with E-state index in [-0.39, 0.29) is 11.3 Å². The van der Waals surface area contributed by atoms with Crippen LogP contribution in [-0.4, -0.2) is 10.9 Å². The van der Waals surface area contributed by atoms with E-state index in [2.05, 4.69) is 5.73 Å². The molecule has 0 atom stereocenters. The number of non-ortho nitro benzene ring substituents is 1. The van der Waals surface area contributed by atoms with Crippen LogP contribution in [0.4, 0.5) is 5.69 Å². The normalized spacial score (nSPS) is 9.22. The van der Waals surface area contributed by atoms with E-state index in [1.54, 1.807) is 0 Å². The summed E-state index contributed by atoms with van der Waals surface area (Å²) in [6.07, 6.45) is 2.02. The molecular weight excluding hydrogens is 234 g/mol. The first-order valence-corrected chi connectivity index (χ1v) is 5.40. The van der Waals surface area contributed by atoms with Crippen LogP contribution in [0.2, 0.25) is 0 Å². The molecule has 5 heteroatoms. The summed E-state index contributed by atoms with van der Waals surface area (Å²) in [6.45, 7) is 3.84. The van der Waals surface area contributed by atoms with Gasteiger partial charge in [-0.25, -0.2) is 4.79 Å². The highest BCUT2D eigenvalue weighted by molar-refractivity contribution is 5.90. The molecule has 0 amide bonds. The Labute approximate surface area is 105 Å². The lowest BCUT2D eigenvalue weighted by atomic mass is 10.2. The van der Waals surface area contributed by atoms with Gasteiger partial charge in [0.1, 0.15) is 6.26 Å². The summed E-state index contributed by atoms with van der Waals surface area (Å²) >= 11 is 0. The molecule has 0 saturated carbocycles. The Morgan fingerprint density at radius 3 is 2.56 bits per heavy atom. The van der Waals surface area contributed by atoms with Gasteiger partial charge in [-0.3, -0.25) is 10.1 Å². The van der Waals surface area contributed by atoms with Gasteiger partial charge in [-0.2, -0.15) is 0 Å². The van der Waals surface area contributed by atoms with Crippen molar-refractivity contribution in [2.24, 2.45) is 0 Å². The summed E-state index contributed by atoms with van der Waals surface area (Å²) in [7, 11) is 0. The molecule has 0 radical (unpaired) electrons. The average Bonchev–Trinajstić information content (AvgIpc) is 2.38. The van der Waals surface area contributed by atoms with E-state index in [9.17, 15) is 14.9 Å². The predicted molar refractivity (Wildman–Crippen MR) is 66.1 cm³/mol. The number of carbonyl (C=O) groups excluding carboxylic acids is 1. The first kappa shape index (κ1) is 13.7. The van der Waals surface area contributed by atoms with Crippen LogP contribution in [0.25, 0.3) is 0 Å². The molecular formula is C13H13NO4. The topological polar surface area (TPSA) is 69.4 Å². The van der Waals surface area contributed by atoms with Gasteiger partial charge in [0.25, 0.3) is 5.69 Å². The summed E-state index contributed by atoms with van der Waals surface area (Å²) in [5.41, 5.74) is 3.96. The molecule has 0 bridgehead atoms. The molecule has 0 aliphatic rings. The van der Waals surface area contributed by atoms with Crippen LogP contribution in [-0.2, 0) is 4.74 Å². The number of nitro benzene ring substituents is 1. The van der Waals surface area contributed by atoms with Crippen LogP contribution in [0.15, 0.2) is 41.8 Å². The molecule has 1 aromatic rings. The number of ether oxygens (including phenoxy) is 1. The summed E-state index contributed by atoms with van der Waals surface area (Å²) in [5, 5.41) is 10.4. The number of hydrogen-bond acceptors (Lipinski definition) is 4. The maximum Gasteiger partial charge on any atom is 0.343 e. The maximum absolute atomic E-state index is 11.5. The zero-order valence-electron chi connectivity index (χ0n) is 10.2. The average molecular weight is 247 g/mol. The minimum atomic E-state index is -0.568. The van der Waals surface area contributed by atoms with Gasteiger partial charge in [0.2, 0.25) is 0 Å². The number of nitro groups is 1. The zero-order chi connectivity index (χ0) is 13.5. The van der Waals surface area contributed by atoms with Gasteiger partial charge < -0.3 is 4.74 Å². The van der Waals surface area contributed by atoms with Crippen LogP contribution < -0.4 is 0 Å². The molecule has 94 valence electrons. The fourth-order valence-corrected chi connectivity index (χ4v) is 1.07. The number of nitrogens with zero attached hydrogens (tertiary/aromatic N) is 1. The summed E-state index contributed by atoms with van der Waals surface area (Å²) < 4.78 is 4.84. The van der Waals surface area contributed by atoms with E-state index in [1.807, 2.05) is 13.8 Å². The van der Waals surface area contributed by atoms with E-state index in [1.165, 1.54) is 30.5 Å². The standard InChI is InChI=1S/C13H13NO4/c1-3-10(2)8-9-18-13(15)11-4-6-12(7-5-11)14(16)17/h4-7,9H,3H2,1-2H3. The number of esters is 1. The second kappa shape index (κ2) is 6.37. The Morgan fingerprint density at radius 1 is 1.44 bits per heavy atom. The monoisotopic (exact) mass is 247 g/mol. The molecule has 0 N–H and O–H groups in total. The van der Waals surface area contributed by atoms with Crippen molar-refractivity contribution < 1.29 is 14.5 Å². The summed E-state index contributed by atoms with van der Waals surface area (Å²) in [4.78, 5) is 21.4. The Kier molecular flexibility index (Phi) is 4.84. The number of carbonyl (C=O) groups is 1. The van der Waals surface area contributed by atoms with Crippen LogP contribution in [0.5, 0.6) is 0 Å². The molecule has 1 aromatic carbocycles. The van der Waals surface area contributed by atoms with Crippen LogP contribution in [0.3, 0.4) is 0 Å². The van der Waals surface area contributed by atoms with Gasteiger partial charge in [-0.1, -0.05) is 12.7 Å². The van der Waals surface area contributed by atoms with Crippen molar-refractivity contribution in [2.75, 3.05) is 0 Å². The molecule has 0 saturated heterocycles. The molecule has 0 aromatic heterocycles. The second-order valence-electron chi connectivity index (χ2n) is 3.61. The molecule has 0 unspecified atom stereocenters. The highest BCUT2D eigenvalue weighted by Gasteiger charge is 2.09. The third-order valence-corrected chi connectivity index (χ3v) is 2.32. The summed E-state index contributed by atoms with van der Waals surface area (Å²) in [5.74, 6) is -0.568. The number of benzene rings is 1. The minimum Gasteiger partial charge on any atom is -0.422 e. The Bertz CT molecular complexity index is 510. The number of allylic oxidation sites excluding steroid dienone is 1. The van der Waals surface area contributed by atoms with Crippen molar-refractivity contribution in [1.82, 2.24) is 0 Å². The first-order chi connectivity index (χ1) is 8.54. The van der Waals surface area contributed by atoms with Gasteiger partial charge >= 0.3 is 5.97 Å². The fraction of sp³-hybridized carbons (Fsp3) is 0.231. The van der Waals surface area contributed by atoms with Gasteiger partial charge in [-0.05, 0) is 31.1 Å². The van der Waals surface area contributed by atoms with Gasteiger partial charge in [0, 0.05) is 12.1 Å². The lowest BCUT2D eigenvalue weighted by Gasteiger charge is -1.98. The molecule has 0 fully saturated rings. The number of hydrogen-bond donors (Lipinski definition) is 0. The van der Waals surface area contributed by atoms with Crippen LogP contribution >= 0.6 is 0 Å². The van der Waals surface area contributed by atoms with E-state index >= 15 is 0 Å². The number of rotatable bonds is 4. The largest absolute Gasteiger partial charge is 0.422 e. The molecule has 18 heavy (non-hydrogen) atoms. The van der Waals surface area contributed by atoms with Crippen molar-refractivity contribution in [3.63, 3.8) is 0 Å². The van der Waals surface area contributed by atoms with E-state index < -0.39 is 10.9 Å². The van der Waals surface area contributed by atoms with Crippen molar-refractivity contribution in [2.45, 2.75) is 20.3 Å². The molecule has 0 heterocycles. The highest BCUT2D eigenvalue weighted by atomic mass is 16.6. The van der Waals surface area contributed by atoms with Crippen molar-refractivity contribution in [1.29, 1.82) is 0 Å².